The van der Waals surface area contributed by atoms with Crippen LogP contribution in [-0.4, -0.2) is 18.1 Å². The largest absolute Gasteiger partial charge is 0.495 e. The van der Waals surface area contributed by atoms with Gasteiger partial charge in [0.2, 0.25) is 0 Å². The molecule has 0 radical (unpaired) electrons. The van der Waals surface area contributed by atoms with E-state index < -0.39 is 0 Å². The quantitative estimate of drug-likeness (QED) is 0.791. The molecule has 14 heavy (non-hydrogen) atoms. The maximum atomic E-state index is 5.62. The number of nitrogens with two attached hydrogens (primary N) is 1. The van der Waals surface area contributed by atoms with E-state index in [0.717, 1.165) is 17.7 Å². The highest BCUT2D eigenvalue weighted by Gasteiger charge is 1.93. The zero-order valence-electron chi connectivity index (χ0n) is 8.60. The highest BCUT2D eigenvalue weighted by Crippen LogP contribution is 2.11. The van der Waals surface area contributed by atoms with E-state index in [4.69, 9.17) is 10.5 Å². The molecule has 1 heterocycles. The molecule has 1 aromatic rings. The fourth-order valence-electron chi connectivity index (χ4n) is 1.06. The first-order chi connectivity index (χ1) is 6.72. The third-order valence-electron chi connectivity index (χ3n) is 1.79. The van der Waals surface area contributed by atoms with Gasteiger partial charge in [-0.3, -0.25) is 4.98 Å². The van der Waals surface area contributed by atoms with Crippen LogP contribution in [0.1, 0.15) is 18.9 Å². The highest BCUT2D eigenvalue weighted by molar-refractivity contribution is 5.49. The Kier molecular flexibility index (Phi) is 4.13. The lowest BCUT2D eigenvalue weighted by Crippen LogP contribution is -2.12. The van der Waals surface area contributed by atoms with Crippen LogP contribution < -0.4 is 10.5 Å². The van der Waals surface area contributed by atoms with Gasteiger partial charge < -0.3 is 10.5 Å². The molecule has 2 N–H and O–H groups in total. The molecule has 0 aliphatic rings. The number of nitrogens with zero attached hydrogens (tertiary/aromatic N) is 1. The molecule has 3 heteroatoms. The number of ether oxygens (including phenoxy) is 1. The summed E-state index contributed by atoms with van der Waals surface area (Å²) in [4.78, 5) is 4.05. The van der Waals surface area contributed by atoms with Gasteiger partial charge in [0, 0.05) is 12.2 Å². The standard InChI is InChI=1S/C11H16N2O/c1-9(12)4-3-5-10-6-11(14-2)8-13-7-10/h3,5-9H,4,12H2,1-2H3/b5-3+/t9-/m0/s1. The second-order valence-corrected chi connectivity index (χ2v) is 3.27. The van der Waals surface area contributed by atoms with Crippen molar-refractivity contribution in [3.63, 3.8) is 0 Å². The normalized spacial score (nSPS) is 13.1. The first-order valence-electron chi connectivity index (χ1n) is 4.63. The Labute approximate surface area is 84.6 Å². The van der Waals surface area contributed by atoms with Crippen molar-refractivity contribution in [1.29, 1.82) is 0 Å². The molecular weight excluding hydrogens is 176 g/mol. The van der Waals surface area contributed by atoms with Gasteiger partial charge in [0.1, 0.15) is 5.75 Å². The van der Waals surface area contributed by atoms with Crippen LogP contribution in [0.5, 0.6) is 5.75 Å². The smallest absolute Gasteiger partial charge is 0.137 e. The molecule has 0 saturated heterocycles. The predicted octanol–water partition coefficient (Wildman–Crippen LogP) is 1.84. The summed E-state index contributed by atoms with van der Waals surface area (Å²) in [5.74, 6) is 0.771. The molecule has 1 atom stereocenters. The van der Waals surface area contributed by atoms with Crippen LogP contribution >= 0.6 is 0 Å². The average Bonchev–Trinajstić information content (AvgIpc) is 2.18. The fraction of sp³-hybridized carbons (Fsp3) is 0.364. The summed E-state index contributed by atoms with van der Waals surface area (Å²) in [7, 11) is 1.63. The Hall–Kier alpha value is -1.35. The molecule has 1 aromatic heterocycles. The van der Waals surface area contributed by atoms with Crippen molar-refractivity contribution in [1.82, 2.24) is 4.98 Å². The molecule has 76 valence electrons. The summed E-state index contributed by atoms with van der Waals surface area (Å²) in [6.07, 6.45) is 8.39. The Bertz CT molecular complexity index is 308. The van der Waals surface area contributed by atoms with Crippen LogP contribution in [0.3, 0.4) is 0 Å². The minimum absolute atomic E-state index is 0.199. The summed E-state index contributed by atoms with van der Waals surface area (Å²) in [5.41, 5.74) is 6.65. The Morgan fingerprint density at radius 1 is 1.57 bits per heavy atom. The van der Waals surface area contributed by atoms with Gasteiger partial charge in [-0.1, -0.05) is 12.2 Å². The predicted molar refractivity (Wildman–Crippen MR) is 58.1 cm³/mol. The fourth-order valence-corrected chi connectivity index (χ4v) is 1.06. The second-order valence-electron chi connectivity index (χ2n) is 3.27. The molecular formula is C11H16N2O. The van der Waals surface area contributed by atoms with E-state index >= 15 is 0 Å². The maximum absolute atomic E-state index is 5.62. The first-order valence-corrected chi connectivity index (χ1v) is 4.63. The van der Waals surface area contributed by atoms with E-state index in [0.29, 0.717) is 0 Å². The van der Waals surface area contributed by atoms with Crippen LogP contribution in [0.25, 0.3) is 6.08 Å². The number of hydrogen-bond donors (Lipinski definition) is 1. The number of methoxy groups -OCH3 is 1. The summed E-state index contributed by atoms with van der Waals surface area (Å²) >= 11 is 0. The third-order valence-corrected chi connectivity index (χ3v) is 1.79. The Morgan fingerprint density at radius 3 is 3.00 bits per heavy atom. The van der Waals surface area contributed by atoms with Crippen molar-refractivity contribution >= 4 is 6.08 Å². The minimum Gasteiger partial charge on any atom is -0.495 e. The Morgan fingerprint density at radius 2 is 2.36 bits per heavy atom. The molecule has 0 saturated carbocycles. The highest BCUT2D eigenvalue weighted by atomic mass is 16.5. The van der Waals surface area contributed by atoms with E-state index in [-0.39, 0.29) is 6.04 Å². The van der Waals surface area contributed by atoms with Crippen LogP contribution in [0.15, 0.2) is 24.5 Å². The number of pyridine rings is 1. The van der Waals surface area contributed by atoms with Crippen molar-refractivity contribution in [3.05, 3.63) is 30.1 Å². The van der Waals surface area contributed by atoms with Crippen molar-refractivity contribution in [2.45, 2.75) is 19.4 Å². The number of rotatable bonds is 4. The second kappa shape index (κ2) is 5.40. The Balaban J connectivity index is 2.62. The van der Waals surface area contributed by atoms with Gasteiger partial charge in [0.25, 0.3) is 0 Å². The van der Waals surface area contributed by atoms with Gasteiger partial charge in [-0.2, -0.15) is 0 Å². The molecule has 0 aromatic carbocycles. The van der Waals surface area contributed by atoms with E-state index in [1.807, 2.05) is 25.1 Å². The van der Waals surface area contributed by atoms with E-state index in [9.17, 15) is 0 Å². The topological polar surface area (TPSA) is 48.1 Å². The lowest BCUT2D eigenvalue weighted by molar-refractivity contribution is 0.413. The van der Waals surface area contributed by atoms with Crippen LogP contribution in [0.2, 0.25) is 0 Å². The molecule has 0 fully saturated rings. The third kappa shape index (κ3) is 3.58. The van der Waals surface area contributed by atoms with Crippen molar-refractivity contribution in [3.8, 4) is 5.75 Å². The number of hydrogen-bond acceptors (Lipinski definition) is 3. The van der Waals surface area contributed by atoms with Crippen molar-refractivity contribution in [2.75, 3.05) is 7.11 Å². The summed E-state index contributed by atoms with van der Waals surface area (Å²) in [5, 5.41) is 0. The van der Waals surface area contributed by atoms with Crippen LogP contribution in [-0.2, 0) is 0 Å². The molecule has 0 amide bonds. The molecule has 0 bridgehead atoms. The average molecular weight is 192 g/mol. The summed E-state index contributed by atoms with van der Waals surface area (Å²) in [6.45, 7) is 1.98. The first kappa shape index (κ1) is 10.7. The zero-order valence-corrected chi connectivity index (χ0v) is 8.60. The minimum atomic E-state index is 0.199. The van der Waals surface area contributed by atoms with Gasteiger partial charge in [-0.05, 0) is 25.0 Å². The number of aromatic nitrogens is 1. The van der Waals surface area contributed by atoms with Gasteiger partial charge >= 0.3 is 0 Å². The molecule has 0 aliphatic heterocycles. The van der Waals surface area contributed by atoms with Gasteiger partial charge in [0.05, 0.1) is 13.3 Å². The lowest BCUT2D eigenvalue weighted by Gasteiger charge is -2.00. The maximum Gasteiger partial charge on any atom is 0.137 e. The van der Waals surface area contributed by atoms with Crippen LogP contribution in [0.4, 0.5) is 0 Å². The van der Waals surface area contributed by atoms with Gasteiger partial charge in [-0.15, -0.1) is 0 Å². The molecule has 0 spiro atoms. The summed E-state index contributed by atoms with van der Waals surface area (Å²) in [6, 6.07) is 2.13. The molecule has 1 rings (SSSR count). The summed E-state index contributed by atoms with van der Waals surface area (Å²) < 4.78 is 5.06. The molecule has 0 unspecified atom stereocenters. The van der Waals surface area contributed by atoms with E-state index in [1.165, 1.54) is 0 Å². The van der Waals surface area contributed by atoms with Gasteiger partial charge in [-0.25, -0.2) is 0 Å². The van der Waals surface area contributed by atoms with Crippen molar-refractivity contribution in [2.24, 2.45) is 5.73 Å². The van der Waals surface area contributed by atoms with E-state index in [1.54, 1.807) is 19.5 Å². The molecule has 0 aliphatic carbocycles. The van der Waals surface area contributed by atoms with E-state index in [2.05, 4.69) is 4.98 Å². The monoisotopic (exact) mass is 192 g/mol. The lowest BCUT2D eigenvalue weighted by atomic mass is 10.2. The van der Waals surface area contributed by atoms with Crippen LogP contribution in [0, 0.1) is 0 Å². The van der Waals surface area contributed by atoms with Crippen molar-refractivity contribution < 1.29 is 4.74 Å². The van der Waals surface area contributed by atoms with Gasteiger partial charge in [0.15, 0.2) is 0 Å². The zero-order chi connectivity index (χ0) is 10.4. The molecule has 3 nitrogen and oxygen atoms in total. The SMILES string of the molecule is COc1cncc(/C=C/C[C@H](C)N)c1.